The van der Waals surface area contributed by atoms with Gasteiger partial charge in [-0.15, -0.1) is 11.3 Å². The van der Waals surface area contributed by atoms with Gasteiger partial charge < -0.3 is 53.6 Å². The van der Waals surface area contributed by atoms with Crippen LogP contribution in [0.2, 0.25) is 0 Å². The second-order valence-corrected chi connectivity index (χ2v) is 21.1. The maximum Gasteiger partial charge on any atom is 0.417 e. The summed E-state index contributed by atoms with van der Waals surface area (Å²) in [4.78, 5) is 63.3. The van der Waals surface area contributed by atoms with E-state index in [9.17, 15) is 37.6 Å². The largest absolute Gasteiger partial charge is 0.491 e. The number of aromatic nitrogens is 1. The van der Waals surface area contributed by atoms with Crippen molar-refractivity contribution in [3.05, 3.63) is 94.6 Å². The number of nitriles is 1. The molecule has 2 aliphatic heterocycles. The quantitative estimate of drug-likeness (QED) is 0.0407. The highest BCUT2D eigenvalue weighted by atomic mass is 32.1. The number of thiocarbonyl (C=S) groups is 1. The molecule has 0 aliphatic carbocycles. The van der Waals surface area contributed by atoms with E-state index in [-0.39, 0.29) is 49.0 Å². The molecule has 3 heterocycles. The Labute approximate surface area is 462 Å². The van der Waals surface area contributed by atoms with Crippen molar-refractivity contribution < 1.29 is 65.5 Å². The number of ether oxygens (including phenoxy) is 7. The predicted molar refractivity (Wildman–Crippen MR) is 290 cm³/mol. The molecule has 78 heavy (non-hydrogen) atoms. The SMILES string of the molecule is Cc1ncsc1-c1ccc(CNC(=O)[C@@H]2CCCN2C(=O)C(NC(=O)COCCOCCOCCOCCOCCOCCOc2ccc(N3C(=S)N(c4ccc(C#N)c(C(F)(F)F)c4)C(=O)C3(C)C)cc2)C(C)(C)C)cc1. The number of halogens is 3. The molecule has 4 aromatic rings. The summed E-state index contributed by atoms with van der Waals surface area (Å²) in [6.45, 7) is 15.1. The fourth-order valence-corrected chi connectivity index (χ4v) is 9.95. The molecule has 2 atom stereocenters. The number of nitrogens with zero attached hydrogens (tertiary/aromatic N) is 5. The van der Waals surface area contributed by atoms with Crippen molar-refractivity contribution in [2.75, 3.05) is 102 Å². The number of anilines is 2. The minimum atomic E-state index is -4.80. The first-order valence-electron chi connectivity index (χ1n) is 25.6. The summed E-state index contributed by atoms with van der Waals surface area (Å²) in [6.07, 6.45) is -3.58. The Balaban J connectivity index is 0.746. The third-order valence-corrected chi connectivity index (χ3v) is 14.1. The van der Waals surface area contributed by atoms with Crippen molar-refractivity contribution in [3.63, 3.8) is 0 Å². The first-order chi connectivity index (χ1) is 37.2. The number of nitrogens with one attached hydrogen (secondary N) is 2. The van der Waals surface area contributed by atoms with E-state index in [2.05, 4.69) is 15.6 Å². The van der Waals surface area contributed by atoms with E-state index in [0.717, 1.165) is 38.7 Å². The van der Waals surface area contributed by atoms with Crippen LogP contribution in [0.25, 0.3) is 10.4 Å². The summed E-state index contributed by atoms with van der Waals surface area (Å²) in [5.41, 5.74) is 1.69. The van der Waals surface area contributed by atoms with Crippen molar-refractivity contribution in [2.45, 2.75) is 84.7 Å². The van der Waals surface area contributed by atoms with Gasteiger partial charge in [0.05, 0.1) is 112 Å². The molecule has 3 aromatic carbocycles. The van der Waals surface area contributed by atoms with E-state index in [0.29, 0.717) is 96.8 Å². The molecule has 1 unspecified atom stereocenters. The molecule has 2 aliphatic rings. The van der Waals surface area contributed by atoms with Crippen molar-refractivity contribution in [1.29, 1.82) is 5.26 Å². The van der Waals surface area contributed by atoms with Gasteiger partial charge in [0.15, 0.2) is 5.11 Å². The Morgan fingerprint density at radius 2 is 1.40 bits per heavy atom. The van der Waals surface area contributed by atoms with Crippen molar-refractivity contribution in [1.82, 2.24) is 20.5 Å². The highest BCUT2D eigenvalue weighted by Gasteiger charge is 2.51. The Morgan fingerprint density at radius 3 is 1.94 bits per heavy atom. The summed E-state index contributed by atoms with van der Waals surface area (Å²) < 4.78 is 80.1. The number of amides is 4. The Hall–Kier alpha value is -6.10. The van der Waals surface area contributed by atoms with Crippen molar-refractivity contribution in [2.24, 2.45) is 5.41 Å². The molecular formula is C55H68F3N7O11S2. The molecule has 4 amide bonds. The maximum atomic E-state index is 13.9. The van der Waals surface area contributed by atoms with Gasteiger partial charge in [-0.1, -0.05) is 45.0 Å². The second-order valence-electron chi connectivity index (χ2n) is 19.9. The van der Waals surface area contributed by atoms with Crippen LogP contribution in [-0.4, -0.2) is 149 Å². The van der Waals surface area contributed by atoms with Crippen LogP contribution in [-0.2, 0) is 60.3 Å². The van der Waals surface area contributed by atoms with E-state index in [4.69, 9.17) is 45.4 Å². The summed E-state index contributed by atoms with van der Waals surface area (Å²) >= 11 is 7.19. The van der Waals surface area contributed by atoms with Gasteiger partial charge in [0, 0.05) is 18.8 Å². The van der Waals surface area contributed by atoms with Gasteiger partial charge in [-0.2, -0.15) is 18.4 Å². The van der Waals surface area contributed by atoms with Gasteiger partial charge in [0.2, 0.25) is 17.7 Å². The van der Waals surface area contributed by atoms with E-state index in [1.54, 1.807) is 65.3 Å². The van der Waals surface area contributed by atoms with Crippen LogP contribution < -0.4 is 25.2 Å². The maximum absolute atomic E-state index is 13.9. The fraction of sp³-hybridized carbons (Fsp3) is 0.509. The second kappa shape index (κ2) is 28.7. The highest BCUT2D eigenvalue weighted by molar-refractivity contribution is 7.81. The molecule has 2 fully saturated rings. The molecule has 6 rings (SSSR count). The zero-order valence-corrected chi connectivity index (χ0v) is 46.4. The number of alkyl halides is 3. The lowest BCUT2D eigenvalue weighted by Crippen LogP contribution is -2.58. The van der Waals surface area contributed by atoms with Gasteiger partial charge in [-0.25, -0.2) is 4.98 Å². The van der Waals surface area contributed by atoms with Crippen LogP contribution in [0.15, 0.2) is 72.2 Å². The van der Waals surface area contributed by atoms with Crippen molar-refractivity contribution in [3.8, 4) is 22.3 Å². The number of carbonyl (C=O) groups is 4. The lowest BCUT2D eigenvalue weighted by molar-refractivity contribution is -0.144. The monoisotopic (exact) mass is 1120 g/mol. The number of hydrogen-bond acceptors (Lipinski definition) is 15. The third kappa shape index (κ3) is 16.7. The van der Waals surface area contributed by atoms with Gasteiger partial charge >= 0.3 is 6.18 Å². The normalized spacial score (nSPS) is 15.9. The molecule has 0 bridgehead atoms. The predicted octanol–water partition coefficient (Wildman–Crippen LogP) is 7.24. The molecule has 0 spiro atoms. The van der Waals surface area contributed by atoms with Crippen LogP contribution in [0, 0.1) is 23.7 Å². The van der Waals surface area contributed by atoms with Gasteiger partial charge in [-0.05, 0) is 105 Å². The number of likely N-dealkylation sites (tertiary alicyclic amines) is 1. The Kier molecular flexibility index (Phi) is 22.5. The number of aryl methyl sites for hydroxylation is 1. The van der Waals surface area contributed by atoms with Gasteiger partial charge in [0.25, 0.3) is 5.91 Å². The van der Waals surface area contributed by atoms with E-state index in [1.807, 2.05) is 57.5 Å². The molecule has 1 aromatic heterocycles. The number of hydrogen-bond donors (Lipinski definition) is 2. The lowest BCUT2D eigenvalue weighted by atomic mass is 9.85. The summed E-state index contributed by atoms with van der Waals surface area (Å²) in [5.74, 6) is -0.965. The summed E-state index contributed by atoms with van der Waals surface area (Å²) in [6, 6.07) is 17.9. The molecule has 422 valence electrons. The van der Waals surface area contributed by atoms with Crippen LogP contribution in [0.3, 0.4) is 0 Å². The highest BCUT2D eigenvalue weighted by Crippen LogP contribution is 2.40. The molecule has 2 saturated heterocycles. The third-order valence-electron chi connectivity index (χ3n) is 12.7. The topological polar surface area (TPSA) is 203 Å². The molecular weight excluding hydrogens is 1060 g/mol. The minimum absolute atomic E-state index is 0.00750. The Morgan fingerprint density at radius 1 is 0.833 bits per heavy atom. The standard InChI is InChI=1S/C55H68F3N7O11S2/c1-37-47(78-36-61-37)39-11-9-38(10-12-39)34-60-49(67)45-8-7-19-63(45)50(68)48(53(2,3)4)62-46(66)35-75-29-28-73-25-24-71-21-20-70-22-23-72-26-27-74-30-31-76-43-17-15-41(16-18-43)65-52(77)64(51(69)54(65,5)6)42-14-13-40(33-59)44(32-42)55(56,57)58/h9-18,32,36,45,48H,7-8,19-31,34-35H2,1-6H3,(H,60,67)(H,62,66)/t45-,48?/m0/s1. The smallest absolute Gasteiger partial charge is 0.417 e. The fourth-order valence-electron chi connectivity index (χ4n) is 8.61. The molecule has 18 nitrogen and oxygen atoms in total. The minimum Gasteiger partial charge on any atom is -0.491 e. The van der Waals surface area contributed by atoms with Crippen LogP contribution in [0.4, 0.5) is 24.5 Å². The summed E-state index contributed by atoms with van der Waals surface area (Å²) in [7, 11) is 0. The van der Waals surface area contributed by atoms with E-state index < -0.39 is 52.2 Å². The zero-order chi connectivity index (χ0) is 56.5. The zero-order valence-electron chi connectivity index (χ0n) is 44.8. The Bertz CT molecular complexity index is 2700. The van der Waals surface area contributed by atoms with Gasteiger partial charge in [0.1, 0.15) is 36.6 Å². The molecule has 0 saturated carbocycles. The van der Waals surface area contributed by atoms with E-state index >= 15 is 0 Å². The van der Waals surface area contributed by atoms with Gasteiger partial charge in [-0.3, -0.25) is 24.1 Å². The van der Waals surface area contributed by atoms with Crippen LogP contribution in [0.5, 0.6) is 5.75 Å². The van der Waals surface area contributed by atoms with E-state index in [1.165, 1.54) is 6.07 Å². The summed E-state index contributed by atoms with van der Waals surface area (Å²) in [5, 5.41) is 15.0. The first-order valence-corrected chi connectivity index (χ1v) is 26.9. The first kappa shape index (κ1) is 61.1. The van der Waals surface area contributed by atoms with Crippen molar-refractivity contribution >= 4 is 63.7 Å². The average molecular weight is 1120 g/mol. The molecule has 2 N–H and O–H groups in total. The number of thiazole rings is 1. The average Bonchev–Trinajstić information content (AvgIpc) is 4.13. The van der Waals surface area contributed by atoms with Crippen LogP contribution in [0.1, 0.15) is 69.8 Å². The number of rotatable bonds is 29. The number of carbonyl (C=O) groups excluding carboxylic acids is 4. The molecule has 23 heteroatoms. The number of benzene rings is 3. The molecule has 0 radical (unpaired) electrons. The lowest BCUT2D eigenvalue weighted by Gasteiger charge is -2.35. The van der Waals surface area contributed by atoms with Crippen LogP contribution >= 0.6 is 23.6 Å².